The molecule has 0 aromatic carbocycles. The first-order valence-electron chi connectivity index (χ1n) is 5.42. The number of rotatable bonds is 4. The fraction of sp³-hybridized carbons (Fsp3) is 0.500. The fourth-order valence-corrected chi connectivity index (χ4v) is 3.64. The highest BCUT2D eigenvalue weighted by Crippen LogP contribution is 2.23. The van der Waals surface area contributed by atoms with E-state index in [0.717, 1.165) is 12.2 Å². The highest BCUT2D eigenvalue weighted by molar-refractivity contribution is 7.89. The molecule has 2 rings (SSSR count). The molecule has 5 nitrogen and oxygen atoms in total. The van der Waals surface area contributed by atoms with Gasteiger partial charge in [-0.1, -0.05) is 0 Å². The fourth-order valence-electron chi connectivity index (χ4n) is 1.59. The van der Waals surface area contributed by atoms with Gasteiger partial charge in [-0.25, -0.2) is 13.4 Å². The van der Waals surface area contributed by atoms with E-state index in [9.17, 15) is 8.42 Å². The summed E-state index contributed by atoms with van der Waals surface area (Å²) < 4.78 is 25.5. The molecule has 0 radical (unpaired) electrons. The Balaban J connectivity index is 2.16. The van der Waals surface area contributed by atoms with Gasteiger partial charge in [0.15, 0.2) is 5.03 Å². The molecule has 0 spiro atoms. The maximum Gasteiger partial charge on any atom is 0.260 e. The summed E-state index contributed by atoms with van der Waals surface area (Å²) in [5.74, 6) is 0. The van der Waals surface area contributed by atoms with Gasteiger partial charge in [-0.15, -0.1) is 0 Å². The van der Waals surface area contributed by atoms with Crippen LogP contribution in [0.5, 0.6) is 0 Å². The van der Waals surface area contributed by atoms with Gasteiger partial charge in [0, 0.05) is 24.9 Å². The molecule has 1 aliphatic heterocycles. The molecular formula is C10H15N3O2S2. The smallest absolute Gasteiger partial charge is 0.260 e. The van der Waals surface area contributed by atoms with Crippen LogP contribution in [-0.4, -0.2) is 42.6 Å². The SMILES string of the molecule is CCNc1ccc(S(=O)(=O)N2CC(S)C2)nc1. The molecule has 0 atom stereocenters. The lowest BCUT2D eigenvalue weighted by Gasteiger charge is -2.34. The summed E-state index contributed by atoms with van der Waals surface area (Å²) in [7, 11) is -3.42. The third-order valence-electron chi connectivity index (χ3n) is 2.55. The van der Waals surface area contributed by atoms with Gasteiger partial charge in [0.25, 0.3) is 10.0 Å². The average molecular weight is 273 g/mol. The van der Waals surface area contributed by atoms with Crippen molar-refractivity contribution in [2.75, 3.05) is 25.0 Å². The van der Waals surface area contributed by atoms with Gasteiger partial charge >= 0.3 is 0 Å². The second kappa shape index (κ2) is 4.83. The molecule has 1 aliphatic rings. The number of nitrogens with zero attached hydrogens (tertiary/aromatic N) is 2. The third kappa shape index (κ3) is 2.56. The molecule has 17 heavy (non-hydrogen) atoms. The van der Waals surface area contributed by atoms with Crippen molar-refractivity contribution in [3.05, 3.63) is 18.3 Å². The lowest BCUT2D eigenvalue weighted by molar-refractivity contribution is 0.320. The van der Waals surface area contributed by atoms with Crippen molar-refractivity contribution in [1.82, 2.24) is 9.29 Å². The van der Waals surface area contributed by atoms with E-state index in [1.165, 1.54) is 16.6 Å². The van der Waals surface area contributed by atoms with Gasteiger partial charge in [-0.05, 0) is 19.1 Å². The normalized spacial score (nSPS) is 17.8. The number of anilines is 1. The topological polar surface area (TPSA) is 62.3 Å². The van der Waals surface area contributed by atoms with Crippen LogP contribution in [0, 0.1) is 0 Å². The van der Waals surface area contributed by atoms with Crippen LogP contribution in [-0.2, 0) is 10.0 Å². The number of nitrogens with one attached hydrogen (secondary N) is 1. The van der Waals surface area contributed by atoms with E-state index in [2.05, 4.69) is 22.9 Å². The van der Waals surface area contributed by atoms with Crippen LogP contribution in [0.15, 0.2) is 23.4 Å². The van der Waals surface area contributed by atoms with Crippen LogP contribution in [0.3, 0.4) is 0 Å². The van der Waals surface area contributed by atoms with E-state index in [1.807, 2.05) is 6.92 Å². The predicted octanol–water partition coefficient (Wildman–Crippen LogP) is 0.816. The highest BCUT2D eigenvalue weighted by Gasteiger charge is 2.35. The van der Waals surface area contributed by atoms with Gasteiger partial charge in [-0.2, -0.15) is 16.9 Å². The van der Waals surface area contributed by atoms with Gasteiger partial charge in [0.2, 0.25) is 0 Å². The first-order valence-corrected chi connectivity index (χ1v) is 7.38. The molecule has 94 valence electrons. The minimum atomic E-state index is -3.42. The molecule has 0 saturated carbocycles. The zero-order valence-electron chi connectivity index (χ0n) is 9.50. The first-order chi connectivity index (χ1) is 8.04. The summed E-state index contributed by atoms with van der Waals surface area (Å²) in [5, 5.41) is 3.31. The van der Waals surface area contributed by atoms with Crippen LogP contribution in [0.1, 0.15) is 6.92 Å². The molecule has 0 aliphatic carbocycles. The van der Waals surface area contributed by atoms with Gasteiger partial charge in [0.05, 0.1) is 11.9 Å². The molecule has 1 aromatic heterocycles. The first kappa shape index (κ1) is 12.7. The molecule has 7 heteroatoms. The minimum absolute atomic E-state index is 0.0967. The molecular weight excluding hydrogens is 258 g/mol. The van der Waals surface area contributed by atoms with Crippen molar-refractivity contribution in [3.8, 4) is 0 Å². The van der Waals surface area contributed by atoms with Crippen molar-refractivity contribution in [1.29, 1.82) is 0 Å². The van der Waals surface area contributed by atoms with E-state index < -0.39 is 10.0 Å². The van der Waals surface area contributed by atoms with Crippen LogP contribution in [0.2, 0.25) is 0 Å². The van der Waals surface area contributed by atoms with Crippen LogP contribution in [0.25, 0.3) is 0 Å². The Morgan fingerprint density at radius 1 is 1.53 bits per heavy atom. The molecule has 1 fully saturated rings. The average Bonchev–Trinajstić information content (AvgIpc) is 2.26. The zero-order chi connectivity index (χ0) is 12.5. The van der Waals surface area contributed by atoms with E-state index in [4.69, 9.17) is 0 Å². The van der Waals surface area contributed by atoms with E-state index in [0.29, 0.717) is 13.1 Å². The van der Waals surface area contributed by atoms with Crippen LogP contribution >= 0.6 is 12.6 Å². The van der Waals surface area contributed by atoms with Crippen molar-refractivity contribution < 1.29 is 8.42 Å². The number of pyridine rings is 1. The number of hydrogen-bond acceptors (Lipinski definition) is 5. The Kier molecular flexibility index (Phi) is 3.60. The minimum Gasteiger partial charge on any atom is -0.384 e. The second-order valence-electron chi connectivity index (χ2n) is 3.89. The molecule has 1 aromatic rings. The number of sulfonamides is 1. The van der Waals surface area contributed by atoms with E-state index >= 15 is 0 Å². The highest BCUT2D eigenvalue weighted by atomic mass is 32.2. The Morgan fingerprint density at radius 3 is 2.71 bits per heavy atom. The lowest BCUT2D eigenvalue weighted by atomic mass is 10.3. The largest absolute Gasteiger partial charge is 0.384 e. The van der Waals surface area contributed by atoms with Crippen molar-refractivity contribution >= 4 is 28.3 Å². The quantitative estimate of drug-likeness (QED) is 0.797. The summed E-state index contributed by atoms with van der Waals surface area (Å²) in [5.41, 5.74) is 0.821. The predicted molar refractivity (Wildman–Crippen MR) is 69.9 cm³/mol. The molecule has 2 heterocycles. The van der Waals surface area contributed by atoms with Gasteiger partial charge in [-0.3, -0.25) is 0 Å². The van der Waals surface area contributed by atoms with Gasteiger partial charge < -0.3 is 5.32 Å². The summed E-state index contributed by atoms with van der Waals surface area (Å²) in [6, 6.07) is 3.25. The Hall–Kier alpha value is -0.790. The molecule has 1 saturated heterocycles. The summed E-state index contributed by atoms with van der Waals surface area (Å²) >= 11 is 4.20. The second-order valence-corrected chi connectivity index (χ2v) is 6.51. The summed E-state index contributed by atoms with van der Waals surface area (Å²) in [6.45, 7) is 3.67. The Labute approximate surface area is 107 Å². The van der Waals surface area contributed by atoms with Gasteiger partial charge in [0.1, 0.15) is 0 Å². The van der Waals surface area contributed by atoms with Crippen molar-refractivity contribution in [3.63, 3.8) is 0 Å². The summed E-state index contributed by atoms with van der Waals surface area (Å²) in [4.78, 5) is 3.98. The maximum atomic E-state index is 12.0. The third-order valence-corrected chi connectivity index (χ3v) is 4.62. The Bertz CT molecular complexity index is 481. The standard InChI is InChI=1S/C10H15N3O2S2/c1-2-11-8-3-4-10(12-5-8)17(14,15)13-6-9(16)7-13/h3-5,9,11,16H,2,6-7H2,1H3. The number of thiol groups is 1. The monoisotopic (exact) mass is 273 g/mol. The zero-order valence-corrected chi connectivity index (χ0v) is 11.2. The number of hydrogen-bond donors (Lipinski definition) is 2. The van der Waals surface area contributed by atoms with E-state index in [1.54, 1.807) is 6.07 Å². The summed E-state index contributed by atoms with van der Waals surface area (Å²) in [6.07, 6.45) is 1.54. The molecule has 1 N–H and O–H groups in total. The molecule has 0 unspecified atom stereocenters. The molecule has 0 bridgehead atoms. The van der Waals surface area contributed by atoms with Crippen molar-refractivity contribution in [2.45, 2.75) is 17.2 Å². The van der Waals surface area contributed by atoms with E-state index in [-0.39, 0.29) is 10.3 Å². The lowest BCUT2D eigenvalue weighted by Crippen LogP contribution is -2.50. The Morgan fingerprint density at radius 2 is 2.24 bits per heavy atom. The van der Waals surface area contributed by atoms with Crippen LogP contribution in [0.4, 0.5) is 5.69 Å². The van der Waals surface area contributed by atoms with Crippen LogP contribution < -0.4 is 5.32 Å². The van der Waals surface area contributed by atoms with Crippen molar-refractivity contribution in [2.24, 2.45) is 0 Å². The maximum absolute atomic E-state index is 12.0. The molecule has 0 amide bonds. The number of aromatic nitrogens is 1.